The van der Waals surface area contributed by atoms with Crippen LogP contribution in [0.3, 0.4) is 0 Å². The second kappa shape index (κ2) is 3.67. The van der Waals surface area contributed by atoms with Gasteiger partial charge in [-0.25, -0.2) is 0 Å². The Balaban J connectivity index is 3.73. The molecule has 0 aromatic rings. The lowest BCUT2D eigenvalue weighted by atomic mass is 10.2. The SMILES string of the molecule is C=C(COC(C)(C)C)C(C)=O. The molecule has 0 rings (SSSR count). The first-order valence-electron chi connectivity index (χ1n) is 3.65. The monoisotopic (exact) mass is 156 g/mol. The number of carbonyl (C=O) groups excluding carboxylic acids is 1. The van der Waals surface area contributed by atoms with Crippen LogP contribution >= 0.6 is 0 Å². The molecule has 2 heteroatoms. The zero-order valence-corrected chi connectivity index (χ0v) is 7.73. The molecule has 0 bridgehead atoms. The van der Waals surface area contributed by atoms with Crippen molar-refractivity contribution in [3.63, 3.8) is 0 Å². The second-order valence-corrected chi connectivity index (χ2v) is 3.56. The minimum atomic E-state index is -0.196. The third-order valence-electron chi connectivity index (χ3n) is 1.18. The highest BCUT2D eigenvalue weighted by molar-refractivity contribution is 5.92. The van der Waals surface area contributed by atoms with Crippen LogP contribution in [0.1, 0.15) is 27.7 Å². The summed E-state index contributed by atoms with van der Waals surface area (Å²) in [6, 6.07) is 0. The van der Waals surface area contributed by atoms with E-state index in [2.05, 4.69) is 6.58 Å². The summed E-state index contributed by atoms with van der Waals surface area (Å²) >= 11 is 0. The van der Waals surface area contributed by atoms with Gasteiger partial charge < -0.3 is 4.74 Å². The molecule has 2 nitrogen and oxygen atoms in total. The van der Waals surface area contributed by atoms with E-state index in [1.165, 1.54) is 6.92 Å². The highest BCUT2D eigenvalue weighted by Gasteiger charge is 2.11. The van der Waals surface area contributed by atoms with Crippen LogP contribution in [0.2, 0.25) is 0 Å². The summed E-state index contributed by atoms with van der Waals surface area (Å²) in [5, 5.41) is 0. The molecule has 11 heavy (non-hydrogen) atoms. The maximum absolute atomic E-state index is 10.7. The Morgan fingerprint density at radius 2 is 1.91 bits per heavy atom. The van der Waals surface area contributed by atoms with E-state index in [0.717, 1.165) is 0 Å². The number of hydrogen-bond acceptors (Lipinski definition) is 2. The van der Waals surface area contributed by atoms with Crippen molar-refractivity contribution < 1.29 is 9.53 Å². The van der Waals surface area contributed by atoms with Crippen molar-refractivity contribution in [1.29, 1.82) is 0 Å². The molecule has 64 valence electrons. The molecule has 0 saturated heterocycles. The molecule has 0 heterocycles. The van der Waals surface area contributed by atoms with Crippen LogP contribution in [-0.2, 0) is 9.53 Å². The third kappa shape index (κ3) is 5.80. The van der Waals surface area contributed by atoms with Crippen molar-refractivity contribution >= 4 is 5.78 Å². The lowest BCUT2D eigenvalue weighted by Gasteiger charge is -2.19. The normalized spacial score (nSPS) is 11.3. The van der Waals surface area contributed by atoms with Crippen molar-refractivity contribution in [2.45, 2.75) is 33.3 Å². The fraction of sp³-hybridized carbons (Fsp3) is 0.667. The van der Waals surface area contributed by atoms with E-state index in [-0.39, 0.29) is 11.4 Å². The summed E-state index contributed by atoms with van der Waals surface area (Å²) in [5.74, 6) is -0.00532. The van der Waals surface area contributed by atoms with Crippen molar-refractivity contribution in [2.75, 3.05) is 6.61 Å². The summed E-state index contributed by atoms with van der Waals surface area (Å²) in [4.78, 5) is 10.7. The highest BCUT2D eigenvalue weighted by atomic mass is 16.5. The molecule has 0 unspecified atom stereocenters. The first-order valence-corrected chi connectivity index (χ1v) is 3.65. The van der Waals surface area contributed by atoms with Gasteiger partial charge in [0.25, 0.3) is 0 Å². The van der Waals surface area contributed by atoms with Crippen LogP contribution < -0.4 is 0 Å². The molecule has 0 saturated carbocycles. The Kier molecular flexibility index (Phi) is 3.46. The maximum atomic E-state index is 10.7. The smallest absolute Gasteiger partial charge is 0.157 e. The molecule has 0 aromatic heterocycles. The lowest BCUT2D eigenvalue weighted by Crippen LogP contribution is -2.21. The molecule has 0 amide bonds. The average molecular weight is 156 g/mol. The van der Waals surface area contributed by atoms with E-state index in [0.29, 0.717) is 12.2 Å². The molecule has 0 fully saturated rings. The molecule has 0 aliphatic rings. The van der Waals surface area contributed by atoms with E-state index < -0.39 is 0 Å². The summed E-state index contributed by atoms with van der Waals surface area (Å²) in [6.07, 6.45) is 0. The van der Waals surface area contributed by atoms with Crippen LogP contribution in [0.4, 0.5) is 0 Å². The number of hydrogen-bond donors (Lipinski definition) is 0. The van der Waals surface area contributed by atoms with Gasteiger partial charge in [-0.2, -0.15) is 0 Å². The van der Waals surface area contributed by atoms with Crippen LogP contribution in [0, 0.1) is 0 Å². The molecular formula is C9H16O2. The van der Waals surface area contributed by atoms with Crippen LogP contribution in [0.25, 0.3) is 0 Å². The number of carbonyl (C=O) groups is 1. The molecule has 0 aliphatic carbocycles. The van der Waals surface area contributed by atoms with Gasteiger partial charge >= 0.3 is 0 Å². The van der Waals surface area contributed by atoms with E-state index in [4.69, 9.17) is 4.74 Å². The van der Waals surface area contributed by atoms with Crippen molar-refractivity contribution in [1.82, 2.24) is 0 Å². The molecule has 0 aromatic carbocycles. The Hall–Kier alpha value is -0.630. The van der Waals surface area contributed by atoms with E-state index in [1.807, 2.05) is 20.8 Å². The van der Waals surface area contributed by atoms with Gasteiger partial charge in [0.2, 0.25) is 0 Å². The number of rotatable bonds is 3. The van der Waals surface area contributed by atoms with Gasteiger partial charge in [0.1, 0.15) is 0 Å². The van der Waals surface area contributed by atoms with Crippen LogP contribution in [0.15, 0.2) is 12.2 Å². The van der Waals surface area contributed by atoms with Crippen LogP contribution in [0.5, 0.6) is 0 Å². The predicted molar refractivity (Wildman–Crippen MR) is 45.5 cm³/mol. The standard InChI is InChI=1S/C9H16O2/c1-7(8(2)10)6-11-9(3,4)5/h1,6H2,2-5H3. The Morgan fingerprint density at radius 3 is 2.18 bits per heavy atom. The fourth-order valence-electron chi connectivity index (χ4n) is 0.405. The molecule has 0 atom stereocenters. The molecule has 0 radical (unpaired) electrons. The van der Waals surface area contributed by atoms with Gasteiger partial charge in [-0.1, -0.05) is 6.58 Å². The highest BCUT2D eigenvalue weighted by Crippen LogP contribution is 2.08. The van der Waals surface area contributed by atoms with Gasteiger partial charge in [-0.3, -0.25) is 4.79 Å². The zero-order chi connectivity index (χ0) is 9.07. The maximum Gasteiger partial charge on any atom is 0.157 e. The molecular weight excluding hydrogens is 140 g/mol. The second-order valence-electron chi connectivity index (χ2n) is 3.56. The van der Waals surface area contributed by atoms with Gasteiger partial charge in [-0.15, -0.1) is 0 Å². The lowest BCUT2D eigenvalue weighted by molar-refractivity contribution is -0.114. The van der Waals surface area contributed by atoms with Gasteiger partial charge in [0, 0.05) is 5.57 Å². The summed E-state index contributed by atoms with van der Waals surface area (Å²) < 4.78 is 5.33. The van der Waals surface area contributed by atoms with Crippen molar-refractivity contribution in [2.24, 2.45) is 0 Å². The Labute approximate surface area is 68.2 Å². The van der Waals surface area contributed by atoms with Gasteiger partial charge in [0.15, 0.2) is 5.78 Å². The summed E-state index contributed by atoms with van der Waals surface area (Å²) in [7, 11) is 0. The molecule has 0 aliphatic heterocycles. The Bertz CT molecular complexity index is 163. The quantitative estimate of drug-likeness (QED) is 0.584. The van der Waals surface area contributed by atoms with Crippen molar-refractivity contribution in [3.8, 4) is 0 Å². The minimum Gasteiger partial charge on any atom is -0.371 e. The zero-order valence-electron chi connectivity index (χ0n) is 7.73. The summed E-state index contributed by atoms with van der Waals surface area (Å²) in [6.45, 7) is 11.2. The largest absolute Gasteiger partial charge is 0.371 e. The van der Waals surface area contributed by atoms with E-state index in [1.54, 1.807) is 0 Å². The minimum absolute atomic E-state index is 0.00532. The topological polar surface area (TPSA) is 26.3 Å². The third-order valence-corrected chi connectivity index (χ3v) is 1.18. The van der Waals surface area contributed by atoms with E-state index >= 15 is 0 Å². The number of Topliss-reactive ketones (excluding diaryl/α,β-unsaturated/α-hetero) is 1. The average Bonchev–Trinajstić information content (AvgIpc) is 1.80. The first kappa shape index (κ1) is 10.4. The molecule has 0 spiro atoms. The Morgan fingerprint density at radius 1 is 1.45 bits per heavy atom. The molecule has 0 N–H and O–H groups in total. The fourth-order valence-corrected chi connectivity index (χ4v) is 0.405. The number of ketones is 1. The van der Waals surface area contributed by atoms with Crippen molar-refractivity contribution in [3.05, 3.63) is 12.2 Å². The summed E-state index contributed by atoms with van der Waals surface area (Å²) in [5.41, 5.74) is 0.332. The number of ether oxygens (including phenoxy) is 1. The predicted octanol–water partition coefficient (Wildman–Crippen LogP) is 1.95. The van der Waals surface area contributed by atoms with Gasteiger partial charge in [0.05, 0.1) is 12.2 Å². The first-order chi connectivity index (χ1) is 4.83. The van der Waals surface area contributed by atoms with Crippen LogP contribution in [-0.4, -0.2) is 18.0 Å². The van der Waals surface area contributed by atoms with Gasteiger partial charge in [-0.05, 0) is 27.7 Å². The van der Waals surface area contributed by atoms with E-state index in [9.17, 15) is 4.79 Å².